The van der Waals surface area contributed by atoms with E-state index in [4.69, 9.17) is 5.73 Å². The molecule has 4 fully saturated rings. The van der Waals surface area contributed by atoms with Gasteiger partial charge in [-0.1, -0.05) is 13.8 Å². The van der Waals surface area contributed by atoms with Crippen LogP contribution in [0.5, 0.6) is 0 Å². The zero-order valence-electron chi connectivity index (χ0n) is 15.8. The summed E-state index contributed by atoms with van der Waals surface area (Å²) in [6.45, 7) is 5.23. The predicted molar refractivity (Wildman–Crippen MR) is 96.1 cm³/mol. The van der Waals surface area contributed by atoms with E-state index in [1.807, 2.05) is 13.8 Å². The number of nitrogens with one attached hydrogen (secondary N) is 3. The van der Waals surface area contributed by atoms with Gasteiger partial charge in [0.1, 0.15) is 0 Å². The van der Waals surface area contributed by atoms with E-state index < -0.39 is 35.0 Å². The Kier molecular flexibility index (Phi) is 4.10. The van der Waals surface area contributed by atoms with Crippen LogP contribution in [-0.2, 0) is 19.2 Å². The first-order valence-electron chi connectivity index (χ1n) is 9.86. The number of nitrogens with two attached hydrogens (primary N) is 1. The van der Waals surface area contributed by atoms with Crippen LogP contribution in [0.1, 0.15) is 39.5 Å². The van der Waals surface area contributed by atoms with E-state index in [9.17, 15) is 19.2 Å². The molecule has 2 aliphatic carbocycles. The molecule has 8 heteroatoms. The van der Waals surface area contributed by atoms with Crippen molar-refractivity contribution < 1.29 is 19.2 Å². The van der Waals surface area contributed by atoms with E-state index in [0.717, 1.165) is 12.8 Å². The molecule has 3 unspecified atom stereocenters. The lowest BCUT2D eigenvalue weighted by Gasteiger charge is -2.34. The van der Waals surface area contributed by atoms with Gasteiger partial charge >= 0.3 is 0 Å². The molecule has 5 N–H and O–H groups in total. The molecule has 27 heavy (non-hydrogen) atoms. The molecular formula is C19H28N4O4. The molecule has 0 spiro atoms. The van der Waals surface area contributed by atoms with Crippen LogP contribution in [0, 0.1) is 28.6 Å². The summed E-state index contributed by atoms with van der Waals surface area (Å²) in [5, 5.41) is 8.73. The standard InChI is InChI=1S/C19H28N4O4/c1-18(2)12-8-22-14(15(20)25)19(12,18)11(7-9-5-6-21-16(9)26)13(24)17(27)23-10-3-4-10/h9-12,14,22H,3-8H2,1-2H3,(H2,20,25)(H,21,26)(H,23,27)/t9-,11-,12?,14?,19?/m0/s1. The molecule has 0 aromatic carbocycles. The van der Waals surface area contributed by atoms with Gasteiger partial charge in [0, 0.05) is 29.8 Å². The summed E-state index contributed by atoms with van der Waals surface area (Å²) in [7, 11) is 0. The first-order chi connectivity index (χ1) is 12.7. The Morgan fingerprint density at radius 3 is 2.48 bits per heavy atom. The van der Waals surface area contributed by atoms with Crippen LogP contribution in [0.4, 0.5) is 0 Å². The second-order valence-electron chi connectivity index (χ2n) is 9.13. The maximum atomic E-state index is 13.3. The lowest BCUT2D eigenvalue weighted by atomic mass is 9.70. The first kappa shape index (κ1) is 18.4. The minimum absolute atomic E-state index is 0.0750. The lowest BCUT2D eigenvalue weighted by Crippen LogP contribution is -2.53. The second-order valence-corrected chi connectivity index (χ2v) is 9.13. The number of carbonyl (C=O) groups excluding carboxylic acids is 4. The van der Waals surface area contributed by atoms with Gasteiger partial charge in [-0.15, -0.1) is 0 Å². The summed E-state index contributed by atoms with van der Waals surface area (Å²) < 4.78 is 0. The molecule has 2 saturated heterocycles. The van der Waals surface area contributed by atoms with E-state index in [2.05, 4.69) is 16.0 Å². The summed E-state index contributed by atoms with van der Waals surface area (Å²) in [5.74, 6) is -2.61. The van der Waals surface area contributed by atoms with E-state index in [1.165, 1.54) is 0 Å². The van der Waals surface area contributed by atoms with Gasteiger partial charge in [-0.3, -0.25) is 19.2 Å². The molecule has 2 aliphatic heterocycles. The van der Waals surface area contributed by atoms with Gasteiger partial charge in [0.05, 0.1) is 6.04 Å². The number of rotatable bonds is 7. The van der Waals surface area contributed by atoms with Crippen molar-refractivity contribution in [1.82, 2.24) is 16.0 Å². The molecule has 4 aliphatic rings. The quantitative estimate of drug-likeness (QED) is 0.427. The highest BCUT2D eigenvalue weighted by molar-refractivity contribution is 6.37. The van der Waals surface area contributed by atoms with Crippen LogP contribution in [-0.4, -0.2) is 48.7 Å². The van der Waals surface area contributed by atoms with E-state index >= 15 is 0 Å². The molecule has 2 saturated carbocycles. The van der Waals surface area contributed by atoms with Crippen molar-refractivity contribution in [2.24, 2.45) is 34.3 Å². The van der Waals surface area contributed by atoms with Crippen molar-refractivity contribution in [1.29, 1.82) is 0 Å². The number of carbonyl (C=O) groups is 4. The smallest absolute Gasteiger partial charge is 0.287 e. The fourth-order valence-corrected chi connectivity index (χ4v) is 5.89. The average molecular weight is 376 g/mol. The van der Waals surface area contributed by atoms with Crippen molar-refractivity contribution in [3.63, 3.8) is 0 Å². The van der Waals surface area contributed by atoms with Crippen molar-refractivity contribution in [2.75, 3.05) is 13.1 Å². The molecular weight excluding hydrogens is 348 g/mol. The highest BCUT2D eigenvalue weighted by Crippen LogP contribution is 2.77. The van der Waals surface area contributed by atoms with Crippen LogP contribution in [0.25, 0.3) is 0 Å². The number of ketones is 1. The first-order valence-corrected chi connectivity index (χ1v) is 9.86. The monoisotopic (exact) mass is 376 g/mol. The van der Waals surface area contributed by atoms with Crippen molar-refractivity contribution in [2.45, 2.75) is 51.6 Å². The van der Waals surface area contributed by atoms with Gasteiger partial charge in [0.2, 0.25) is 17.6 Å². The molecule has 0 aromatic rings. The summed E-state index contributed by atoms with van der Waals surface area (Å²) in [5.41, 5.74) is 4.66. The molecule has 0 bridgehead atoms. The maximum absolute atomic E-state index is 13.3. The Bertz CT molecular complexity index is 716. The summed E-state index contributed by atoms with van der Waals surface area (Å²) in [6.07, 6.45) is 2.70. The topological polar surface area (TPSA) is 130 Å². The Morgan fingerprint density at radius 1 is 1.26 bits per heavy atom. The highest BCUT2D eigenvalue weighted by Gasteiger charge is 2.81. The molecule has 4 rings (SSSR count). The number of amides is 3. The maximum Gasteiger partial charge on any atom is 0.287 e. The third kappa shape index (κ3) is 2.60. The third-order valence-corrected chi connectivity index (χ3v) is 7.48. The fourth-order valence-electron chi connectivity index (χ4n) is 5.89. The Hall–Kier alpha value is -1.96. The molecule has 8 nitrogen and oxygen atoms in total. The van der Waals surface area contributed by atoms with Gasteiger partial charge in [-0.25, -0.2) is 0 Å². The van der Waals surface area contributed by atoms with Gasteiger partial charge in [-0.2, -0.15) is 0 Å². The summed E-state index contributed by atoms with van der Waals surface area (Å²) in [4.78, 5) is 50.2. The SMILES string of the molecule is CC1(C)C2CNC(C(N)=O)C21[C@@H](C[C@@H]1CCNC1=O)C(=O)C(=O)NC1CC1. The molecule has 0 radical (unpaired) electrons. The number of hydrogen-bond acceptors (Lipinski definition) is 5. The van der Waals surface area contributed by atoms with Crippen LogP contribution in [0.3, 0.4) is 0 Å². The van der Waals surface area contributed by atoms with Crippen molar-refractivity contribution in [3.05, 3.63) is 0 Å². The van der Waals surface area contributed by atoms with E-state index in [0.29, 0.717) is 19.5 Å². The van der Waals surface area contributed by atoms with Crippen LogP contribution in [0.15, 0.2) is 0 Å². The van der Waals surface area contributed by atoms with Crippen LogP contribution < -0.4 is 21.7 Å². The van der Waals surface area contributed by atoms with Crippen LogP contribution in [0.2, 0.25) is 0 Å². The minimum atomic E-state index is -0.709. The molecule has 3 amide bonds. The molecule has 0 aromatic heterocycles. The zero-order valence-corrected chi connectivity index (χ0v) is 15.8. The summed E-state index contributed by atoms with van der Waals surface area (Å²) >= 11 is 0. The Balaban J connectivity index is 1.68. The minimum Gasteiger partial charge on any atom is -0.368 e. The van der Waals surface area contributed by atoms with Crippen molar-refractivity contribution >= 4 is 23.5 Å². The zero-order chi connectivity index (χ0) is 19.6. The number of fused-ring (bicyclic) bond motifs is 1. The molecule has 148 valence electrons. The third-order valence-electron chi connectivity index (χ3n) is 7.48. The van der Waals surface area contributed by atoms with Gasteiger partial charge in [-0.05, 0) is 43.6 Å². The number of hydrogen-bond donors (Lipinski definition) is 4. The Labute approximate surface area is 158 Å². The molecule has 2 heterocycles. The number of piperidine rings is 1. The van der Waals surface area contributed by atoms with Crippen LogP contribution >= 0.6 is 0 Å². The van der Waals surface area contributed by atoms with E-state index in [-0.39, 0.29) is 35.6 Å². The number of Topliss-reactive ketones (excluding diaryl/α,β-unsaturated/α-hetero) is 1. The highest BCUT2D eigenvalue weighted by atomic mass is 16.2. The fraction of sp³-hybridized carbons (Fsp3) is 0.789. The van der Waals surface area contributed by atoms with Gasteiger partial charge < -0.3 is 21.7 Å². The second kappa shape index (κ2) is 6.02. The largest absolute Gasteiger partial charge is 0.368 e. The van der Waals surface area contributed by atoms with E-state index in [1.54, 1.807) is 0 Å². The average Bonchev–Trinajstić information content (AvgIpc) is 3.34. The predicted octanol–water partition coefficient (Wildman–Crippen LogP) is -0.924. The normalized spacial score (nSPS) is 37.3. The Morgan fingerprint density at radius 2 is 1.96 bits per heavy atom. The molecule has 5 atom stereocenters. The van der Waals surface area contributed by atoms with Gasteiger partial charge in [0.25, 0.3) is 5.91 Å². The van der Waals surface area contributed by atoms with Gasteiger partial charge in [0.15, 0.2) is 0 Å². The van der Waals surface area contributed by atoms with Crippen molar-refractivity contribution in [3.8, 4) is 0 Å². The summed E-state index contributed by atoms with van der Waals surface area (Å²) in [6, 6.07) is -0.587. The number of primary amides is 1. The lowest BCUT2D eigenvalue weighted by molar-refractivity contribution is -0.144.